The second-order valence-electron chi connectivity index (χ2n) is 7.80. The monoisotopic (exact) mass is 379 g/mol. The van der Waals surface area contributed by atoms with Crippen molar-refractivity contribution >= 4 is 11.8 Å². The number of carbonyl (C=O) groups is 2. The van der Waals surface area contributed by atoms with Gasteiger partial charge in [0.15, 0.2) is 6.04 Å². The minimum atomic E-state index is -0.180. The third-order valence-corrected chi connectivity index (χ3v) is 6.26. The third kappa shape index (κ3) is 3.60. The molecule has 0 aliphatic carbocycles. The molecule has 0 saturated carbocycles. The maximum absolute atomic E-state index is 12.6. The van der Waals surface area contributed by atoms with E-state index >= 15 is 0 Å². The Bertz CT molecular complexity index is 777. The van der Waals surface area contributed by atoms with E-state index in [0.717, 1.165) is 26.2 Å². The van der Waals surface area contributed by atoms with Crippen LogP contribution in [0.5, 0.6) is 0 Å². The zero-order chi connectivity index (χ0) is 19.5. The average Bonchev–Trinajstić information content (AvgIpc) is 3.03. The summed E-state index contributed by atoms with van der Waals surface area (Å²) in [5.41, 5.74) is 2.66. The molecule has 2 aromatic rings. The number of amides is 2. The Balaban J connectivity index is 1.50. The number of likely N-dealkylation sites (N-methyl/N-ethyl adjacent to an activating group) is 1. The van der Waals surface area contributed by atoms with Crippen LogP contribution in [0.1, 0.15) is 30.5 Å². The second-order valence-corrected chi connectivity index (χ2v) is 7.80. The molecule has 0 unspecified atom stereocenters. The van der Waals surface area contributed by atoms with Gasteiger partial charge in [-0.05, 0) is 6.92 Å². The number of piperazine rings is 1. The van der Waals surface area contributed by atoms with Crippen LogP contribution in [0.2, 0.25) is 0 Å². The highest BCUT2D eigenvalue weighted by molar-refractivity contribution is 6.04. The van der Waals surface area contributed by atoms with Gasteiger partial charge in [0.05, 0.1) is 6.42 Å². The van der Waals surface area contributed by atoms with E-state index in [4.69, 9.17) is 0 Å². The second kappa shape index (κ2) is 8.25. The van der Waals surface area contributed by atoms with Crippen molar-refractivity contribution in [1.29, 1.82) is 0 Å². The maximum Gasteiger partial charge on any atom is 0.288 e. The first-order chi connectivity index (χ1) is 13.7. The minimum Gasteiger partial charge on any atom is -0.316 e. The molecule has 2 amide bonds. The Morgan fingerprint density at radius 2 is 1.43 bits per heavy atom. The van der Waals surface area contributed by atoms with E-state index in [1.807, 2.05) is 6.92 Å². The molecule has 0 spiro atoms. The Labute approximate surface area is 166 Å². The van der Waals surface area contributed by atoms with Crippen molar-refractivity contribution in [3.05, 3.63) is 71.8 Å². The largest absolute Gasteiger partial charge is 0.316 e. The zero-order valence-electron chi connectivity index (χ0n) is 16.4. The SMILES string of the molecule is CCN1C(=O)C[C@H]([NH+]2CC[NH+](C(c3ccccc3)c3ccccc3)CC2)C1=O. The van der Waals surface area contributed by atoms with Crippen molar-refractivity contribution in [3.63, 3.8) is 0 Å². The van der Waals surface area contributed by atoms with Crippen molar-refractivity contribution < 1.29 is 19.4 Å². The number of carbonyl (C=O) groups excluding carboxylic acids is 2. The van der Waals surface area contributed by atoms with Crippen LogP contribution in [-0.4, -0.2) is 55.5 Å². The van der Waals surface area contributed by atoms with Gasteiger partial charge >= 0.3 is 0 Å². The Morgan fingerprint density at radius 3 is 1.89 bits per heavy atom. The zero-order valence-corrected chi connectivity index (χ0v) is 16.4. The summed E-state index contributed by atoms with van der Waals surface area (Å²) in [5.74, 6) is 0.0137. The topological polar surface area (TPSA) is 46.3 Å². The van der Waals surface area contributed by atoms with Crippen molar-refractivity contribution in [1.82, 2.24) is 4.90 Å². The van der Waals surface area contributed by atoms with Gasteiger partial charge in [-0.3, -0.25) is 14.5 Å². The molecule has 2 aromatic carbocycles. The molecule has 2 saturated heterocycles. The molecule has 2 heterocycles. The van der Waals surface area contributed by atoms with Crippen LogP contribution in [0, 0.1) is 0 Å². The highest BCUT2D eigenvalue weighted by Gasteiger charge is 2.46. The van der Waals surface area contributed by atoms with Gasteiger partial charge in [0.1, 0.15) is 32.2 Å². The van der Waals surface area contributed by atoms with Gasteiger partial charge in [0.2, 0.25) is 5.91 Å². The van der Waals surface area contributed by atoms with Crippen molar-refractivity contribution in [3.8, 4) is 0 Å². The highest BCUT2D eigenvalue weighted by atomic mass is 16.2. The van der Waals surface area contributed by atoms with Gasteiger partial charge in [-0.25, -0.2) is 0 Å². The molecule has 0 bridgehead atoms. The van der Waals surface area contributed by atoms with Crippen molar-refractivity contribution in [2.45, 2.75) is 25.4 Å². The quantitative estimate of drug-likeness (QED) is 0.702. The van der Waals surface area contributed by atoms with E-state index in [0.29, 0.717) is 19.0 Å². The molecule has 0 radical (unpaired) electrons. The molecule has 28 heavy (non-hydrogen) atoms. The van der Waals surface area contributed by atoms with E-state index in [2.05, 4.69) is 60.7 Å². The number of rotatable bonds is 5. The molecule has 4 rings (SSSR count). The number of imide groups is 1. The Kier molecular flexibility index (Phi) is 5.55. The predicted molar refractivity (Wildman–Crippen MR) is 107 cm³/mol. The molecular weight excluding hydrogens is 350 g/mol. The maximum atomic E-state index is 12.6. The number of hydrogen-bond acceptors (Lipinski definition) is 2. The molecule has 5 nitrogen and oxygen atoms in total. The molecule has 146 valence electrons. The summed E-state index contributed by atoms with van der Waals surface area (Å²) in [5, 5.41) is 0. The molecule has 5 heteroatoms. The van der Waals surface area contributed by atoms with Gasteiger partial charge < -0.3 is 9.80 Å². The molecule has 2 aliphatic heterocycles. The fraction of sp³-hybridized carbons (Fsp3) is 0.391. The molecular formula is C23H29N3O2+2. The molecule has 2 aliphatic rings. The lowest BCUT2D eigenvalue weighted by atomic mass is 9.96. The van der Waals surface area contributed by atoms with Gasteiger partial charge in [-0.2, -0.15) is 0 Å². The minimum absolute atomic E-state index is 0.00813. The molecule has 2 N–H and O–H groups in total. The van der Waals surface area contributed by atoms with Gasteiger partial charge in [0.25, 0.3) is 5.91 Å². The Morgan fingerprint density at radius 1 is 0.893 bits per heavy atom. The smallest absolute Gasteiger partial charge is 0.288 e. The number of hydrogen-bond donors (Lipinski definition) is 2. The van der Waals surface area contributed by atoms with Crippen LogP contribution in [0.15, 0.2) is 60.7 Å². The lowest BCUT2D eigenvalue weighted by molar-refractivity contribution is -1.03. The normalized spacial score (nSPS) is 25.5. The summed E-state index contributed by atoms with van der Waals surface area (Å²) < 4.78 is 0. The third-order valence-electron chi connectivity index (χ3n) is 6.26. The van der Waals surface area contributed by atoms with Gasteiger partial charge in [-0.1, -0.05) is 60.7 Å². The number of nitrogens with one attached hydrogen (secondary N) is 2. The van der Waals surface area contributed by atoms with Gasteiger partial charge in [0, 0.05) is 17.7 Å². The standard InChI is InChI=1S/C23H27N3O2/c1-2-26-21(27)17-20(23(26)28)24-13-15-25(16-14-24)22(18-9-5-3-6-10-18)19-11-7-4-8-12-19/h3-12,20,22H,2,13-17H2,1H3/p+2/t20-/m0/s1. The molecule has 1 atom stereocenters. The fourth-order valence-electron chi connectivity index (χ4n) is 4.82. The highest BCUT2D eigenvalue weighted by Crippen LogP contribution is 2.19. The lowest BCUT2D eigenvalue weighted by Crippen LogP contribution is -3.30. The van der Waals surface area contributed by atoms with Crippen LogP contribution in [0.4, 0.5) is 0 Å². The van der Waals surface area contributed by atoms with Crippen LogP contribution < -0.4 is 9.80 Å². The summed E-state index contributed by atoms with van der Waals surface area (Å²) in [4.78, 5) is 28.9. The first-order valence-corrected chi connectivity index (χ1v) is 10.3. The van der Waals surface area contributed by atoms with Gasteiger partial charge in [-0.15, -0.1) is 0 Å². The van der Waals surface area contributed by atoms with E-state index in [1.165, 1.54) is 25.8 Å². The molecule has 0 aromatic heterocycles. The summed E-state index contributed by atoms with van der Waals surface area (Å²) >= 11 is 0. The average molecular weight is 380 g/mol. The summed E-state index contributed by atoms with van der Waals surface area (Å²) in [6, 6.07) is 21.5. The van der Waals surface area contributed by atoms with Crippen LogP contribution in [0.25, 0.3) is 0 Å². The van der Waals surface area contributed by atoms with Crippen molar-refractivity contribution in [2.75, 3.05) is 32.7 Å². The summed E-state index contributed by atoms with van der Waals surface area (Å²) in [6.45, 7) is 6.20. The van der Waals surface area contributed by atoms with E-state index < -0.39 is 0 Å². The van der Waals surface area contributed by atoms with E-state index in [1.54, 1.807) is 0 Å². The summed E-state index contributed by atoms with van der Waals surface area (Å²) in [6.07, 6.45) is 0.373. The first-order valence-electron chi connectivity index (χ1n) is 10.3. The van der Waals surface area contributed by atoms with E-state index in [-0.39, 0.29) is 17.9 Å². The van der Waals surface area contributed by atoms with E-state index in [9.17, 15) is 9.59 Å². The number of quaternary nitrogens is 2. The number of benzene rings is 2. The lowest BCUT2D eigenvalue weighted by Gasteiger charge is -2.36. The first kappa shape index (κ1) is 18.8. The van der Waals surface area contributed by atoms with Crippen LogP contribution in [0.3, 0.4) is 0 Å². The van der Waals surface area contributed by atoms with Crippen molar-refractivity contribution in [2.24, 2.45) is 0 Å². The predicted octanol–water partition coefficient (Wildman–Crippen LogP) is -0.293. The molecule has 2 fully saturated rings. The van der Waals surface area contributed by atoms with Crippen LogP contribution in [-0.2, 0) is 9.59 Å². The summed E-state index contributed by atoms with van der Waals surface area (Å²) in [7, 11) is 0. The fourth-order valence-corrected chi connectivity index (χ4v) is 4.82. The van der Waals surface area contributed by atoms with Crippen LogP contribution >= 0.6 is 0 Å². The number of likely N-dealkylation sites (tertiary alicyclic amines) is 1. The Hall–Kier alpha value is -2.50. The number of nitrogens with zero attached hydrogens (tertiary/aromatic N) is 1.